The van der Waals surface area contributed by atoms with Crippen LogP contribution in [0.4, 0.5) is 17.2 Å². The summed E-state index contributed by atoms with van der Waals surface area (Å²) in [7, 11) is 0. The van der Waals surface area contributed by atoms with Crippen LogP contribution in [-0.2, 0) is 4.79 Å². The monoisotopic (exact) mass is 420 g/mol. The number of halogens is 1. The Balaban J connectivity index is 1.63. The number of benzene rings is 1. The van der Waals surface area contributed by atoms with Crippen LogP contribution in [0.15, 0.2) is 53.7 Å². The van der Waals surface area contributed by atoms with E-state index in [0.29, 0.717) is 33.1 Å². The van der Waals surface area contributed by atoms with Gasteiger partial charge in [0.15, 0.2) is 0 Å². The van der Waals surface area contributed by atoms with Crippen LogP contribution in [0.2, 0.25) is 5.02 Å². The molecule has 1 amide bonds. The number of fused-ring (bicyclic) bond motifs is 1. The van der Waals surface area contributed by atoms with Crippen LogP contribution in [-0.4, -0.2) is 26.1 Å². The quantitative estimate of drug-likeness (QED) is 0.388. The number of H-pyrrole nitrogens is 2. The van der Waals surface area contributed by atoms with Crippen molar-refractivity contribution in [2.45, 2.75) is 12.8 Å². The van der Waals surface area contributed by atoms with E-state index < -0.39 is 0 Å². The lowest BCUT2D eigenvalue weighted by Crippen LogP contribution is -2.16. The molecule has 0 radical (unpaired) electrons. The Morgan fingerprint density at radius 2 is 2.07 bits per heavy atom. The summed E-state index contributed by atoms with van der Waals surface area (Å²) in [5.74, 6) is 0.373. The van der Waals surface area contributed by atoms with Gasteiger partial charge < -0.3 is 15.6 Å². The minimum absolute atomic E-state index is 0.0405. The fourth-order valence-corrected chi connectivity index (χ4v) is 3.67. The SMILES string of the molecule is O=C(Nc1cc(Nc2cccc(Cl)c2-c2cn[nH]c2)c2c(=O)[nH]ccc2n1)C1CC1. The maximum absolute atomic E-state index is 12.6. The van der Waals surface area contributed by atoms with Crippen LogP contribution in [0.25, 0.3) is 22.0 Å². The van der Waals surface area contributed by atoms with E-state index in [4.69, 9.17) is 11.6 Å². The third-order valence-electron chi connectivity index (χ3n) is 5.00. The zero-order valence-electron chi connectivity index (χ0n) is 15.7. The van der Waals surface area contributed by atoms with E-state index in [1.165, 1.54) is 6.20 Å². The molecule has 30 heavy (non-hydrogen) atoms. The molecule has 1 fully saturated rings. The van der Waals surface area contributed by atoms with Crippen molar-refractivity contribution in [3.8, 4) is 11.1 Å². The molecule has 5 rings (SSSR count). The van der Waals surface area contributed by atoms with Gasteiger partial charge in [-0.25, -0.2) is 4.98 Å². The van der Waals surface area contributed by atoms with Crippen molar-refractivity contribution in [3.63, 3.8) is 0 Å². The van der Waals surface area contributed by atoms with Crippen molar-refractivity contribution < 1.29 is 4.79 Å². The summed E-state index contributed by atoms with van der Waals surface area (Å²) in [5, 5.41) is 13.9. The second-order valence-corrected chi connectivity index (χ2v) is 7.57. The molecule has 0 bridgehead atoms. The molecule has 3 aromatic heterocycles. The predicted octanol–water partition coefficient (Wildman–Crippen LogP) is 4.06. The van der Waals surface area contributed by atoms with Gasteiger partial charge in [-0.15, -0.1) is 0 Å². The molecule has 1 aliphatic carbocycles. The van der Waals surface area contributed by atoms with E-state index in [1.54, 1.807) is 30.6 Å². The van der Waals surface area contributed by atoms with E-state index >= 15 is 0 Å². The molecule has 0 unspecified atom stereocenters. The van der Waals surface area contributed by atoms with Gasteiger partial charge in [0.1, 0.15) is 5.82 Å². The van der Waals surface area contributed by atoms with Crippen LogP contribution >= 0.6 is 11.6 Å². The van der Waals surface area contributed by atoms with Gasteiger partial charge in [-0.1, -0.05) is 17.7 Å². The Kier molecular flexibility index (Phi) is 4.48. The second kappa shape index (κ2) is 7.31. The van der Waals surface area contributed by atoms with Gasteiger partial charge in [-0.05, 0) is 31.0 Å². The number of nitrogens with one attached hydrogen (secondary N) is 4. The van der Waals surface area contributed by atoms with Crippen LogP contribution in [0, 0.1) is 5.92 Å². The van der Waals surface area contributed by atoms with Crippen LogP contribution < -0.4 is 16.2 Å². The van der Waals surface area contributed by atoms with Crippen LogP contribution in [0.5, 0.6) is 0 Å². The Labute approximate surface area is 175 Å². The van der Waals surface area contributed by atoms with E-state index in [1.807, 2.05) is 12.1 Å². The van der Waals surface area contributed by atoms with Crippen molar-refractivity contribution in [3.05, 3.63) is 64.3 Å². The standard InChI is InChI=1S/C21H17ClN6O2/c22-13-2-1-3-14(18(13)12-9-24-25-10-12)26-16-8-17(28-20(29)11-4-5-11)27-15-6-7-23-21(30)19(15)16/h1-3,6-11H,4-5H2,(H,23,30)(H,24,25)(H2,26,27,28,29). The summed E-state index contributed by atoms with van der Waals surface area (Å²) in [5.41, 5.74) is 2.95. The molecule has 3 heterocycles. The number of carbonyl (C=O) groups excluding carboxylic acids is 1. The first-order valence-electron chi connectivity index (χ1n) is 9.48. The normalized spacial score (nSPS) is 13.4. The van der Waals surface area contributed by atoms with Crippen LogP contribution in [0.3, 0.4) is 0 Å². The highest BCUT2D eigenvalue weighted by molar-refractivity contribution is 6.34. The van der Waals surface area contributed by atoms with Gasteiger partial charge in [-0.3, -0.25) is 14.7 Å². The molecule has 9 heteroatoms. The number of aromatic nitrogens is 4. The lowest BCUT2D eigenvalue weighted by atomic mass is 10.1. The summed E-state index contributed by atoms with van der Waals surface area (Å²) >= 11 is 6.46. The Morgan fingerprint density at radius 3 is 2.83 bits per heavy atom. The zero-order valence-corrected chi connectivity index (χ0v) is 16.5. The highest BCUT2D eigenvalue weighted by Crippen LogP contribution is 2.37. The fourth-order valence-electron chi connectivity index (χ4n) is 3.38. The largest absolute Gasteiger partial charge is 0.354 e. The van der Waals surface area contributed by atoms with Gasteiger partial charge in [-0.2, -0.15) is 5.10 Å². The molecule has 4 aromatic rings. The van der Waals surface area contributed by atoms with Gasteiger partial charge in [0.2, 0.25) is 5.91 Å². The molecule has 1 saturated carbocycles. The number of aromatic amines is 2. The van der Waals surface area contributed by atoms with E-state index in [0.717, 1.165) is 24.0 Å². The Bertz CT molecular complexity index is 1310. The number of hydrogen-bond acceptors (Lipinski definition) is 5. The summed E-state index contributed by atoms with van der Waals surface area (Å²) in [6.45, 7) is 0. The molecule has 0 spiro atoms. The van der Waals surface area contributed by atoms with Gasteiger partial charge in [0.05, 0.1) is 27.8 Å². The number of amides is 1. The van der Waals surface area contributed by atoms with Gasteiger partial charge >= 0.3 is 0 Å². The first-order chi connectivity index (χ1) is 14.6. The molecule has 0 atom stereocenters. The van der Waals surface area contributed by atoms with Crippen molar-refractivity contribution >= 4 is 45.6 Å². The van der Waals surface area contributed by atoms with Crippen LogP contribution in [0.1, 0.15) is 12.8 Å². The van der Waals surface area contributed by atoms with Crippen molar-refractivity contribution in [2.75, 3.05) is 10.6 Å². The summed E-state index contributed by atoms with van der Waals surface area (Å²) in [6.07, 6.45) is 6.72. The minimum atomic E-state index is -0.283. The molecule has 8 nitrogen and oxygen atoms in total. The van der Waals surface area contributed by atoms with E-state index in [-0.39, 0.29) is 17.4 Å². The lowest BCUT2D eigenvalue weighted by molar-refractivity contribution is -0.117. The third-order valence-corrected chi connectivity index (χ3v) is 5.31. The maximum atomic E-state index is 12.6. The number of carbonyl (C=O) groups is 1. The van der Waals surface area contributed by atoms with E-state index in [9.17, 15) is 9.59 Å². The summed E-state index contributed by atoms with van der Waals surface area (Å²) in [4.78, 5) is 31.9. The molecule has 150 valence electrons. The molecule has 1 aromatic carbocycles. The van der Waals surface area contributed by atoms with Crippen molar-refractivity contribution in [1.82, 2.24) is 20.2 Å². The highest BCUT2D eigenvalue weighted by atomic mass is 35.5. The average Bonchev–Trinajstić information content (AvgIpc) is 3.44. The number of anilines is 3. The number of pyridine rings is 2. The lowest BCUT2D eigenvalue weighted by Gasteiger charge is -2.15. The third kappa shape index (κ3) is 3.42. The van der Waals surface area contributed by atoms with Crippen molar-refractivity contribution in [1.29, 1.82) is 0 Å². The molecule has 4 N–H and O–H groups in total. The first kappa shape index (κ1) is 18.4. The fraction of sp³-hybridized carbons (Fsp3) is 0.143. The number of rotatable bonds is 5. The van der Waals surface area contributed by atoms with Crippen molar-refractivity contribution in [2.24, 2.45) is 5.92 Å². The molecule has 1 aliphatic rings. The molecule has 0 aliphatic heterocycles. The molecular weight excluding hydrogens is 404 g/mol. The molecule has 0 saturated heterocycles. The highest BCUT2D eigenvalue weighted by Gasteiger charge is 2.30. The Morgan fingerprint density at radius 1 is 1.20 bits per heavy atom. The maximum Gasteiger partial charge on any atom is 0.259 e. The summed E-state index contributed by atoms with van der Waals surface area (Å²) < 4.78 is 0. The molecular formula is C21H17ClN6O2. The minimum Gasteiger partial charge on any atom is -0.354 e. The number of hydrogen-bond donors (Lipinski definition) is 4. The van der Waals surface area contributed by atoms with Gasteiger partial charge in [0.25, 0.3) is 5.56 Å². The Hall–Kier alpha value is -3.65. The second-order valence-electron chi connectivity index (χ2n) is 7.16. The van der Waals surface area contributed by atoms with E-state index in [2.05, 4.69) is 30.8 Å². The summed E-state index contributed by atoms with van der Waals surface area (Å²) in [6, 6.07) is 8.83. The zero-order chi connectivity index (χ0) is 20.7. The first-order valence-corrected chi connectivity index (χ1v) is 9.86. The smallest absolute Gasteiger partial charge is 0.259 e. The average molecular weight is 421 g/mol. The van der Waals surface area contributed by atoms with Gasteiger partial charge in [0, 0.05) is 41.2 Å². The predicted molar refractivity (Wildman–Crippen MR) is 116 cm³/mol. The number of nitrogens with zero attached hydrogens (tertiary/aromatic N) is 2. The topological polar surface area (TPSA) is 116 Å².